The van der Waals surface area contributed by atoms with Crippen molar-refractivity contribution in [2.45, 2.75) is 38.9 Å². The molecule has 0 saturated heterocycles. The highest BCUT2D eigenvalue weighted by Crippen LogP contribution is 2.03. The number of hydrogen-bond donors (Lipinski definition) is 2. The molecule has 5 heteroatoms. The summed E-state index contributed by atoms with van der Waals surface area (Å²) in [4.78, 5) is 13.8. The highest BCUT2D eigenvalue weighted by Gasteiger charge is 2.11. The second-order valence-electron chi connectivity index (χ2n) is 5.33. The maximum atomic E-state index is 11.6. The predicted octanol–water partition coefficient (Wildman–Crippen LogP) is 1.78. The second kappa shape index (κ2) is 9.75. The van der Waals surface area contributed by atoms with E-state index in [1.165, 1.54) is 5.56 Å². The third kappa shape index (κ3) is 8.15. The van der Waals surface area contributed by atoms with Crippen LogP contribution in [0.5, 0.6) is 0 Å². The summed E-state index contributed by atoms with van der Waals surface area (Å²) in [5, 5.41) is 2.97. The van der Waals surface area contributed by atoms with E-state index in [-0.39, 0.29) is 30.4 Å². The van der Waals surface area contributed by atoms with E-state index in [1.807, 2.05) is 32.0 Å². The zero-order valence-electron chi connectivity index (χ0n) is 12.5. The second-order valence-corrected chi connectivity index (χ2v) is 5.33. The minimum atomic E-state index is -0.0887. The van der Waals surface area contributed by atoms with Crippen LogP contribution in [0.1, 0.15) is 25.8 Å². The first-order valence-electron chi connectivity index (χ1n) is 6.74. The predicted molar refractivity (Wildman–Crippen MR) is 85.9 cm³/mol. The van der Waals surface area contributed by atoms with Crippen LogP contribution in [0.4, 0.5) is 0 Å². The van der Waals surface area contributed by atoms with Crippen LogP contribution in [-0.4, -0.2) is 36.5 Å². The van der Waals surface area contributed by atoms with Crippen molar-refractivity contribution >= 4 is 18.3 Å². The van der Waals surface area contributed by atoms with E-state index in [1.54, 1.807) is 0 Å². The van der Waals surface area contributed by atoms with Gasteiger partial charge in [-0.2, -0.15) is 0 Å². The Labute approximate surface area is 128 Å². The molecule has 0 bridgehead atoms. The van der Waals surface area contributed by atoms with E-state index in [0.717, 1.165) is 13.1 Å². The fourth-order valence-corrected chi connectivity index (χ4v) is 2.10. The van der Waals surface area contributed by atoms with Crippen LogP contribution in [0, 0.1) is 0 Å². The molecule has 1 aromatic carbocycles. The number of halogens is 1. The van der Waals surface area contributed by atoms with Gasteiger partial charge in [0.1, 0.15) is 0 Å². The zero-order chi connectivity index (χ0) is 14.3. The highest BCUT2D eigenvalue weighted by atomic mass is 35.5. The summed E-state index contributed by atoms with van der Waals surface area (Å²) in [5.41, 5.74) is 6.88. The number of nitrogens with one attached hydrogen (secondary N) is 1. The lowest BCUT2D eigenvalue weighted by molar-refractivity contribution is -0.122. The van der Waals surface area contributed by atoms with Crippen LogP contribution in [0.2, 0.25) is 0 Å². The van der Waals surface area contributed by atoms with Crippen LogP contribution in [0.25, 0.3) is 0 Å². The molecule has 0 aliphatic carbocycles. The molecule has 114 valence electrons. The molecule has 1 amide bonds. The minimum Gasteiger partial charge on any atom is -0.352 e. The molecular weight excluding hydrogens is 274 g/mol. The Morgan fingerprint density at radius 3 is 2.45 bits per heavy atom. The molecule has 0 saturated carbocycles. The van der Waals surface area contributed by atoms with Gasteiger partial charge in [-0.05, 0) is 26.5 Å². The third-order valence-corrected chi connectivity index (χ3v) is 2.80. The topological polar surface area (TPSA) is 58.4 Å². The molecule has 3 N–H and O–H groups in total. The maximum absolute atomic E-state index is 11.6. The lowest BCUT2D eigenvalue weighted by Gasteiger charge is -2.22. The third-order valence-electron chi connectivity index (χ3n) is 2.80. The number of nitrogens with zero attached hydrogens (tertiary/aromatic N) is 1. The van der Waals surface area contributed by atoms with Gasteiger partial charge >= 0.3 is 0 Å². The molecule has 0 fully saturated rings. The molecule has 0 aliphatic rings. The summed E-state index contributed by atoms with van der Waals surface area (Å²) in [7, 11) is 2.06. The number of carbonyl (C=O) groups is 1. The average molecular weight is 300 g/mol. The maximum Gasteiger partial charge on any atom is 0.221 e. The monoisotopic (exact) mass is 299 g/mol. The molecule has 0 heterocycles. The molecule has 0 aliphatic heterocycles. The number of nitrogens with two attached hydrogens (primary N) is 1. The zero-order valence-corrected chi connectivity index (χ0v) is 13.3. The van der Waals surface area contributed by atoms with E-state index in [0.29, 0.717) is 6.42 Å². The summed E-state index contributed by atoms with van der Waals surface area (Å²) in [6, 6.07) is 10.3. The fraction of sp³-hybridized carbons (Fsp3) is 0.533. The fourth-order valence-electron chi connectivity index (χ4n) is 2.10. The van der Waals surface area contributed by atoms with Crippen LogP contribution in [0.3, 0.4) is 0 Å². The van der Waals surface area contributed by atoms with E-state index < -0.39 is 0 Å². The van der Waals surface area contributed by atoms with Gasteiger partial charge in [0.05, 0.1) is 0 Å². The largest absolute Gasteiger partial charge is 0.352 e. The van der Waals surface area contributed by atoms with Crippen LogP contribution in [0.15, 0.2) is 30.3 Å². The van der Waals surface area contributed by atoms with Crippen molar-refractivity contribution in [1.82, 2.24) is 10.2 Å². The number of benzene rings is 1. The Bertz CT molecular complexity index is 384. The van der Waals surface area contributed by atoms with E-state index in [4.69, 9.17) is 5.73 Å². The normalized spacial score (nSPS) is 13.4. The minimum absolute atomic E-state index is 0. The number of rotatable bonds is 7. The number of carbonyl (C=O) groups excluding carboxylic acids is 1. The van der Waals surface area contributed by atoms with Gasteiger partial charge < -0.3 is 16.0 Å². The number of likely N-dealkylation sites (N-methyl/N-ethyl adjacent to an activating group) is 1. The molecule has 1 rings (SSSR count). The van der Waals surface area contributed by atoms with Crippen molar-refractivity contribution in [3.63, 3.8) is 0 Å². The molecular formula is C15H26ClN3O. The Morgan fingerprint density at radius 1 is 1.30 bits per heavy atom. The summed E-state index contributed by atoms with van der Waals surface area (Å²) in [6.07, 6.45) is 0.382. The van der Waals surface area contributed by atoms with Crippen molar-refractivity contribution in [2.75, 3.05) is 13.6 Å². The highest BCUT2D eigenvalue weighted by molar-refractivity contribution is 5.85. The van der Waals surface area contributed by atoms with E-state index in [9.17, 15) is 4.79 Å². The lowest BCUT2D eigenvalue weighted by atomic mass is 10.2. The Hall–Kier alpha value is -1.10. The summed E-state index contributed by atoms with van der Waals surface area (Å²) in [5.74, 6) is 0.0237. The Kier molecular flexibility index (Phi) is 9.21. The summed E-state index contributed by atoms with van der Waals surface area (Å²) >= 11 is 0. The molecule has 20 heavy (non-hydrogen) atoms. The van der Waals surface area contributed by atoms with Crippen molar-refractivity contribution in [2.24, 2.45) is 5.73 Å². The van der Waals surface area contributed by atoms with Gasteiger partial charge in [-0.25, -0.2) is 0 Å². The van der Waals surface area contributed by atoms with E-state index >= 15 is 0 Å². The molecule has 4 nitrogen and oxygen atoms in total. The molecule has 0 radical (unpaired) electrons. The first kappa shape index (κ1) is 18.9. The van der Waals surface area contributed by atoms with Gasteiger partial charge in [0.15, 0.2) is 0 Å². The smallest absolute Gasteiger partial charge is 0.221 e. The van der Waals surface area contributed by atoms with Gasteiger partial charge in [-0.15, -0.1) is 12.4 Å². The molecule has 1 aromatic rings. The van der Waals surface area contributed by atoms with Gasteiger partial charge in [0.25, 0.3) is 0 Å². The summed E-state index contributed by atoms with van der Waals surface area (Å²) in [6.45, 7) is 5.56. The lowest BCUT2D eigenvalue weighted by Crippen LogP contribution is -2.42. The SMILES string of the molecule is CC(N)CC(=O)NC(C)CN(C)Cc1ccccc1.Cl. The first-order chi connectivity index (χ1) is 8.97. The summed E-state index contributed by atoms with van der Waals surface area (Å²) < 4.78 is 0. The van der Waals surface area contributed by atoms with Crippen LogP contribution >= 0.6 is 12.4 Å². The average Bonchev–Trinajstić information content (AvgIpc) is 2.28. The first-order valence-corrected chi connectivity index (χ1v) is 6.74. The molecule has 2 unspecified atom stereocenters. The van der Waals surface area contributed by atoms with Gasteiger partial charge in [-0.3, -0.25) is 4.79 Å². The van der Waals surface area contributed by atoms with Gasteiger partial charge in [0, 0.05) is 31.6 Å². The van der Waals surface area contributed by atoms with Crippen molar-refractivity contribution in [3.05, 3.63) is 35.9 Å². The van der Waals surface area contributed by atoms with Gasteiger partial charge in [-0.1, -0.05) is 30.3 Å². The van der Waals surface area contributed by atoms with Crippen molar-refractivity contribution in [3.8, 4) is 0 Å². The molecule has 2 atom stereocenters. The number of hydrogen-bond acceptors (Lipinski definition) is 3. The standard InChI is InChI=1S/C15H25N3O.ClH/c1-12(16)9-15(19)17-13(2)10-18(3)11-14-7-5-4-6-8-14;/h4-8,12-13H,9-11,16H2,1-3H3,(H,17,19);1H. The van der Waals surface area contributed by atoms with Crippen LogP contribution < -0.4 is 11.1 Å². The Morgan fingerprint density at radius 2 is 1.90 bits per heavy atom. The quantitative estimate of drug-likeness (QED) is 0.807. The molecule has 0 aromatic heterocycles. The van der Waals surface area contributed by atoms with Crippen molar-refractivity contribution in [1.29, 1.82) is 0 Å². The van der Waals surface area contributed by atoms with Gasteiger partial charge in [0.2, 0.25) is 5.91 Å². The Balaban J connectivity index is 0.00000361. The number of amides is 1. The van der Waals surface area contributed by atoms with Crippen molar-refractivity contribution < 1.29 is 4.79 Å². The van der Waals surface area contributed by atoms with Crippen LogP contribution in [-0.2, 0) is 11.3 Å². The van der Waals surface area contributed by atoms with E-state index in [2.05, 4.69) is 29.4 Å². The molecule has 0 spiro atoms.